The van der Waals surface area contributed by atoms with Crippen molar-refractivity contribution in [2.45, 2.75) is 51.7 Å². The second kappa shape index (κ2) is 9.43. The average molecular weight is 430 g/mol. The Balaban J connectivity index is 0.000000480. The molecule has 0 bridgehead atoms. The molecule has 2 atom stereocenters. The third kappa shape index (κ3) is 6.91. The van der Waals surface area contributed by atoms with Crippen LogP contribution >= 0.6 is 0 Å². The zero-order valence-corrected chi connectivity index (χ0v) is 17.3. The van der Waals surface area contributed by atoms with Gasteiger partial charge in [-0.15, -0.1) is 0 Å². The summed E-state index contributed by atoms with van der Waals surface area (Å²) in [6.45, 7) is 7.45. The van der Waals surface area contributed by atoms with Gasteiger partial charge in [0.05, 0.1) is 11.2 Å². The quantitative estimate of drug-likeness (QED) is 0.646. The summed E-state index contributed by atoms with van der Waals surface area (Å²) in [5.74, 6) is -2.52. The zero-order valence-electron chi connectivity index (χ0n) is 16.5. The Morgan fingerprint density at radius 2 is 1.89 bits per heavy atom. The molecule has 0 aromatic heterocycles. The fraction of sp³-hybridized carbons (Fsp3) is 0.882. The Bertz CT molecular complexity index is 668. The minimum absolute atomic E-state index is 0.0742. The number of piperidine rings is 1. The van der Waals surface area contributed by atoms with E-state index in [9.17, 15) is 26.4 Å². The highest BCUT2D eigenvalue weighted by atomic mass is 32.2. The maximum atomic E-state index is 12.5. The first-order valence-electron chi connectivity index (χ1n) is 9.23. The van der Waals surface area contributed by atoms with Crippen LogP contribution in [0.3, 0.4) is 0 Å². The third-order valence-electron chi connectivity index (χ3n) is 5.15. The normalized spacial score (nSPS) is 24.4. The Labute approximate surface area is 163 Å². The van der Waals surface area contributed by atoms with Crippen molar-refractivity contribution in [3.63, 3.8) is 0 Å². The molecule has 2 unspecified atom stereocenters. The van der Waals surface area contributed by atoms with Crippen molar-refractivity contribution < 1.29 is 36.3 Å². The highest BCUT2D eigenvalue weighted by molar-refractivity contribution is 7.90. The lowest BCUT2D eigenvalue weighted by atomic mass is 9.72. The highest BCUT2D eigenvalue weighted by Gasteiger charge is 2.53. The number of nitrogens with zero attached hydrogens (tertiary/aromatic N) is 2. The first-order valence-corrected chi connectivity index (χ1v) is 11.3. The summed E-state index contributed by atoms with van der Waals surface area (Å²) >= 11 is 0. The van der Waals surface area contributed by atoms with Crippen LogP contribution in [-0.4, -0.2) is 85.6 Å². The third-order valence-corrected chi connectivity index (χ3v) is 6.07. The number of halogens is 3. The largest absolute Gasteiger partial charge is 0.490 e. The summed E-state index contributed by atoms with van der Waals surface area (Å²) in [6, 6.07) is 0.532. The van der Waals surface area contributed by atoms with Gasteiger partial charge in [-0.25, -0.2) is 13.2 Å². The molecule has 28 heavy (non-hydrogen) atoms. The summed E-state index contributed by atoms with van der Waals surface area (Å²) in [5, 5.41) is 7.12. The summed E-state index contributed by atoms with van der Waals surface area (Å²) in [5.41, 5.74) is -0.224. The first-order chi connectivity index (χ1) is 12.7. The summed E-state index contributed by atoms with van der Waals surface area (Å²) in [6.07, 6.45) is 0.499. The van der Waals surface area contributed by atoms with Gasteiger partial charge in [0.2, 0.25) is 5.91 Å². The SMILES string of the molecule is CCCC(C)N1CCCC2(CN(CCS(C)(=O)=O)C2=O)C1.O=C(O)C(F)(F)F. The van der Waals surface area contributed by atoms with E-state index in [0.29, 0.717) is 12.6 Å². The molecule has 2 saturated heterocycles. The molecule has 0 aromatic rings. The lowest BCUT2D eigenvalue weighted by molar-refractivity contribution is -0.192. The van der Waals surface area contributed by atoms with E-state index < -0.39 is 22.0 Å². The van der Waals surface area contributed by atoms with Crippen molar-refractivity contribution in [1.82, 2.24) is 9.80 Å². The fourth-order valence-electron chi connectivity index (χ4n) is 3.65. The van der Waals surface area contributed by atoms with E-state index in [4.69, 9.17) is 9.90 Å². The molecule has 0 radical (unpaired) electrons. The number of carboxylic acids is 1. The number of aliphatic carboxylic acids is 1. The average Bonchev–Trinajstić information content (AvgIpc) is 2.57. The van der Waals surface area contributed by atoms with E-state index in [-0.39, 0.29) is 17.1 Å². The van der Waals surface area contributed by atoms with Gasteiger partial charge in [-0.2, -0.15) is 13.2 Å². The Morgan fingerprint density at radius 1 is 1.32 bits per heavy atom. The number of carbonyl (C=O) groups is 2. The number of hydrogen-bond acceptors (Lipinski definition) is 5. The van der Waals surface area contributed by atoms with Crippen molar-refractivity contribution in [2.24, 2.45) is 5.41 Å². The lowest BCUT2D eigenvalue weighted by Crippen LogP contribution is -2.68. The van der Waals surface area contributed by atoms with Gasteiger partial charge < -0.3 is 10.0 Å². The predicted molar refractivity (Wildman–Crippen MR) is 97.6 cm³/mol. The van der Waals surface area contributed by atoms with Crippen LogP contribution in [0.25, 0.3) is 0 Å². The minimum atomic E-state index is -5.08. The Morgan fingerprint density at radius 3 is 2.32 bits per heavy atom. The number of β-lactam (4-membered cyclic amide) rings is 1. The summed E-state index contributed by atoms with van der Waals surface area (Å²) in [4.78, 5) is 25.5. The molecule has 0 aromatic carbocycles. The minimum Gasteiger partial charge on any atom is -0.475 e. The van der Waals surface area contributed by atoms with E-state index in [2.05, 4.69) is 18.7 Å². The molecule has 2 fully saturated rings. The Kier molecular flexibility index (Phi) is 8.31. The van der Waals surface area contributed by atoms with Crippen LogP contribution in [0.4, 0.5) is 13.2 Å². The molecule has 1 amide bonds. The standard InChI is InChI=1S/C15H28N2O3S.C2HF3O2/c1-4-6-13(2)16-8-5-7-15(11-16)12-17(14(15)18)9-10-21(3,19)20;3-2(4,5)1(6)7/h13H,4-12H2,1-3H3;(H,6,7). The molecule has 1 spiro atoms. The van der Waals surface area contributed by atoms with E-state index in [1.54, 1.807) is 4.90 Å². The van der Waals surface area contributed by atoms with E-state index >= 15 is 0 Å². The number of likely N-dealkylation sites (tertiary alicyclic amines) is 2. The van der Waals surface area contributed by atoms with E-state index in [1.807, 2.05) is 0 Å². The van der Waals surface area contributed by atoms with Gasteiger partial charge in [-0.3, -0.25) is 9.69 Å². The van der Waals surface area contributed by atoms with E-state index in [1.165, 1.54) is 19.1 Å². The molecular weight excluding hydrogens is 401 g/mol. The van der Waals surface area contributed by atoms with Gasteiger partial charge in [0.15, 0.2) is 0 Å². The zero-order chi connectivity index (χ0) is 21.8. The molecule has 11 heteroatoms. The van der Waals surface area contributed by atoms with Crippen LogP contribution < -0.4 is 0 Å². The van der Waals surface area contributed by atoms with Crippen LogP contribution in [0.2, 0.25) is 0 Å². The van der Waals surface area contributed by atoms with Gasteiger partial charge in [-0.05, 0) is 32.7 Å². The van der Waals surface area contributed by atoms with Crippen LogP contribution in [0.1, 0.15) is 39.5 Å². The first kappa shape index (κ1) is 24.7. The molecule has 2 aliphatic rings. The molecule has 1 N–H and O–H groups in total. The van der Waals surface area contributed by atoms with Gasteiger partial charge >= 0.3 is 12.1 Å². The summed E-state index contributed by atoms with van der Waals surface area (Å²) < 4.78 is 54.2. The highest BCUT2D eigenvalue weighted by Crippen LogP contribution is 2.41. The molecule has 2 aliphatic heterocycles. The summed E-state index contributed by atoms with van der Waals surface area (Å²) in [7, 11) is -3.00. The molecule has 2 rings (SSSR count). The van der Waals surface area contributed by atoms with Gasteiger partial charge in [0.1, 0.15) is 9.84 Å². The predicted octanol–water partition coefficient (Wildman–Crippen LogP) is 1.78. The monoisotopic (exact) mass is 430 g/mol. The molecule has 2 heterocycles. The number of rotatable bonds is 6. The number of carbonyl (C=O) groups excluding carboxylic acids is 1. The second-order valence-electron chi connectivity index (χ2n) is 7.65. The number of hydrogen-bond donors (Lipinski definition) is 1. The second-order valence-corrected chi connectivity index (χ2v) is 9.91. The smallest absolute Gasteiger partial charge is 0.475 e. The van der Waals surface area contributed by atoms with Crippen molar-refractivity contribution in [3.8, 4) is 0 Å². The van der Waals surface area contributed by atoms with Gasteiger partial charge in [0.25, 0.3) is 0 Å². The lowest BCUT2D eigenvalue weighted by Gasteiger charge is -2.54. The van der Waals surface area contributed by atoms with Gasteiger partial charge in [0, 0.05) is 31.9 Å². The fourth-order valence-corrected chi connectivity index (χ4v) is 4.21. The van der Waals surface area contributed by atoms with Crippen molar-refractivity contribution in [1.29, 1.82) is 0 Å². The number of alkyl halides is 3. The molecule has 0 saturated carbocycles. The van der Waals surface area contributed by atoms with Crippen LogP contribution in [-0.2, 0) is 19.4 Å². The van der Waals surface area contributed by atoms with Crippen LogP contribution in [0.5, 0.6) is 0 Å². The molecule has 164 valence electrons. The van der Waals surface area contributed by atoms with Crippen molar-refractivity contribution in [2.75, 3.05) is 38.2 Å². The maximum Gasteiger partial charge on any atom is 0.490 e. The van der Waals surface area contributed by atoms with E-state index in [0.717, 1.165) is 32.5 Å². The van der Waals surface area contributed by atoms with Gasteiger partial charge in [-0.1, -0.05) is 13.3 Å². The molecular formula is C17H29F3N2O5S. The molecule has 0 aliphatic carbocycles. The topological polar surface area (TPSA) is 95.0 Å². The maximum absolute atomic E-state index is 12.5. The van der Waals surface area contributed by atoms with Crippen molar-refractivity contribution in [3.05, 3.63) is 0 Å². The van der Waals surface area contributed by atoms with Crippen LogP contribution in [0.15, 0.2) is 0 Å². The Hall–Kier alpha value is -1.36. The number of amides is 1. The molecule has 7 nitrogen and oxygen atoms in total. The number of carboxylic acid groups (broad SMARTS) is 1. The van der Waals surface area contributed by atoms with Crippen molar-refractivity contribution >= 4 is 21.7 Å². The number of sulfone groups is 1. The van der Waals surface area contributed by atoms with Crippen LogP contribution in [0, 0.1) is 5.41 Å².